The molecule has 15 heavy (non-hydrogen) atoms. The van der Waals surface area contributed by atoms with Gasteiger partial charge in [0.1, 0.15) is 0 Å². The topological polar surface area (TPSA) is 12.0 Å². The summed E-state index contributed by atoms with van der Waals surface area (Å²) in [4.78, 5) is 1.36. The quantitative estimate of drug-likeness (QED) is 0.450. The highest BCUT2D eigenvalue weighted by Crippen LogP contribution is 2.20. The van der Waals surface area contributed by atoms with Gasteiger partial charge in [0.05, 0.1) is 0 Å². The van der Waals surface area contributed by atoms with E-state index in [-0.39, 0.29) is 0 Å². The Morgan fingerprint density at radius 1 is 1.33 bits per heavy atom. The zero-order chi connectivity index (χ0) is 11.1. The molecule has 0 aliphatic carbocycles. The number of nitrogens with one attached hydrogen (secondary N) is 1. The van der Waals surface area contributed by atoms with Crippen LogP contribution < -0.4 is 5.32 Å². The van der Waals surface area contributed by atoms with Crippen molar-refractivity contribution in [3.63, 3.8) is 0 Å². The molecule has 2 heteroatoms. The largest absolute Gasteiger partial charge is 0.312 e. The van der Waals surface area contributed by atoms with Crippen molar-refractivity contribution in [2.45, 2.75) is 18.7 Å². The van der Waals surface area contributed by atoms with Crippen molar-refractivity contribution in [3.05, 3.63) is 42.0 Å². The summed E-state index contributed by atoms with van der Waals surface area (Å²) in [5.41, 5.74) is 2.74. The van der Waals surface area contributed by atoms with E-state index in [0.29, 0.717) is 0 Å². The minimum atomic E-state index is 0.896. The molecule has 82 valence electrons. The third-order valence-corrected chi connectivity index (χ3v) is 3.31. The molecule has 0 spiro atoms. The fraction of sp³-hybridized carbons (Fsp3) is 0.385. The highest BCUT2D eigenvalue weighted by atomic mass is 32.2. The molecule has 1 N–H and O–H groups in total. The van der Waals surface area contributed by atoms with Gasteiger partial charge < -0.3 is 5.32 Å². The van der Waals surface area contributed by atoms with Crippen molar-refractivity contribution >= 4 is 11.8 Å². The van der Waals surface area contributed by atoms with E-state index >= 15 is 0 Å². The van der Waals surface area contributed by atoms with Crippen LogP contribution in [0.25, 0.3) is 0 Å². The normalized spacial score (nSPS) is 10.3. The Hall–Kier alpha value is -0.730. The zero-order valence-electron chi connectivity index (χ0n) is 9.55. The minimum Gasteiger partial charge on any atom is -0.312 e. The van der Waals surface area contributed by atoms with E-state index in [4.69, 9.17) is 0 Å². The summed E-state index contributed by atoms with van der Waals surface area (Å²) < 4.78 is 0. The number of hydrogen-bond donors (Lipinski definition) is 1. The first-order valence-corrected chi connectivity index (χ1v) is 6.24. The lowest BCUT2D eigenvalue weighted by molar-refractivity contribution is 0.807. The van der Waals surface area contributed by atoms with Gasteiger partial charge in [-0.15, -0.1) is 18.3 Å². The summed E-state index contributed by atoms with van der Waals surface area (Å²) in [6.07, 6.45) is 1.89. The second-order valence-corrected chi connectivity index (χ2v) is 4.76. The molecular weight excluding hydrogens is 202 g/mol. The Bertz CT molecular complexity index is 320. The highest BCUT2D eigenvalue weighted by molar-refractivity contribution is 7.99. The molecule has 1 aromatic carbocycles. The predicted molar refractivity (Wildman–Crippen MR) is 69.7 cm³/mol. The van der Waals surface area contributed by atoms with Crippen molar-refractivity contribution < 1.29 is 0 Å². The lowest BCUT2D eigenvalue weighted by atomic mass is 10.1. The van der Waals surface area contributed by atoms with Crippen molar-refractivity contribution in [1.82, 2.24) is 5.32 Å². The average molecular weight is 221 g/mol. The van der Waals surface area contributed by atoms with Crippen LogP contribution in [0, 0.1) is 13.8 Å². The van der Waals surface area contributed by atoms with Crippen LogP contribution in [-0.2, 0) is 0 Å². The Morgan fingerprint density at radius 2 is 2.13 bits per heavy atom. The molecule has 1 rings (SSSR count). The molecule has 1 aromatic rings. The molecule has 0 heterocycles. The SMILES string of the molecule is C=CCNCCSc1ccc(C)c(C)c1. The van der Waals surface area contributed by atoms with Crippen molar-refractivity contribution in [2.24, 2.45) is 0 Å². The summed E-state index contributed by atoms with van der Waals surface area (Å²) in [5, 5.41) is 3.29. The second kappa shape index (κ2) is 6.70. The zero-order valence-corrected chi connectivity index (χ0v) is 10.4. The first-order valence-electron chi connectivity index (χ1n) is 5.25. The van der Waals surface area contributed by atoms with Gasteiger partial charge in [-0.2, -0.15) is 0 Å². The molecule has 0 unspecified atom stereocenters. The first kappa shape index (κ1) is 12.3. The average Bonchev–Trinajstić information content (AvgIpc) is 2.23. The maximum absolute atomic E-state index is 3.67. The molecule has 0 saturated carbocycles. The van der Waals surface area contributed by atoms with Gasteiger partial charge in [-0.3, -0.25) is 0 Å². The van der Waals surface area contributed by atoms with E-state index in [1.165, 1.54) is 16.0 Å². The van der Waals surface area contributed by atoms with Crippen LogP contribution in [0.15, 0.2) is 35.7 Å². The Labute approximate surface area is 97.0 Å². The van der Waals surface area contributed by atoms with Gasteiger partial charge in [-0.1, -0.05) is 12.1 Å². The predicted octanol–water partition coefficient (Wildman–Crippen LogP) is 3.17. The Morgan fingerprint density at radius 3 is 2.80 bits per heavy atom. The van der Waals surface area contributed by atoms with Crippen LogP contribution >= 0.6 is 11.8 Å². The molecule has 1 nitrogen and oxygen atoms in total. The molecule has 0 radical (unpaired) electrons. The molecule has 0 bridgehead atoms. The standard InChI is InChI=1S/C13H19NS/c1-4-7-14-8-9-15-13-6-5-11(2)12(3)10-13/h4-6,10,14H,1,7-9H2,2-3H3. The third kappa shape index (κ3) is 4.54. The number of hydrogen-bond acceptors (Lipinski definition) is 2. The van der Waals surface area contributed by atoms with Gasteiger partial charge in [0, 0.05) is 23.7 Å². The van der Waals surface area contributed by atoms with E-state index in [1.807, 2.05) is 17.8 Å². The van der Waals surface area contributed by atoms with Gasteiger partial charge in [0.15, 0.2) is 0 Å². The number of benzene rings is 1. The van der Waals surface area contributed by atoms with Gasteiger partial charge in [0.25, 0.3) is 0 Å². The maximum Gasteiger partial charge on any atom is 0.0132 e. The van der Waals surface area contributed by atoms with Crippen molar-refractivity contribution in [3.8, 4) is 0 Å². The summed E-state index contributed by atoms with van der Waals surface area (Å²) in [5.74, 6) is 1.11. The summed E-state index contributed by atoms with van der Waals surface area (Å²) >= 11 is 1.90. The monoisotopic (exact) mass is 221 g/mol. The van der Waals surface area contributed by atoms with Gasteiger partial charge in [-0.25, -0.2) is 0 Å². The Kier molecular flexibility index (Phi) is 5.51. The van der Waals surface area contributed by atoms with Crippen LogP contribution in [0.1, 0.15) is 11.1 Å². The molecule has 0 fully saturated rings. The number of thioether (sulfide) groups is 1. The van der Waals surface area contributed by atoms with Crippen molar-refractivity contribution in [2.75, 3.05) is 18.8 Å². The van der Waals surface area contributed by atoms with Crippen LogP contribution in [-0.4, -0.2) is 18.8 Å². The molecule has 0 atom stereocenters. The Balaban J connectivity index is 2.31. The minimum absolute atomic E-state index is 0.896. The second-order valence-electron chi connectivity index (χ2n) is 3.59. The van der Waals surface area contributed by atoms with Gasteiger partial charge >= 0.3 is 0 Å². The van der Waals surface area contributed by atoms with E-state index in [0.717, 1.165) is 18.8 Å². The van der Waals surface area contributed by atoms with Crippen LogP contribution in [0.4, 0.5) is 0 Å². The molecule has 0 amide bonds. The van der Waals surface area contributed by atoms with Crippen LogP contribution in [0.2, 0.25) is 0 Å². The summed E-state index contributed by atoms with van der Waals surface area (Å²) in [6.45, 7) is 9.91. The first-order chi connectivity index (χ1) is 7.24. The molecule has 0 aliphatic heterocycles. The summed E-state index contributed by atoms with van der Waals surface area (Å²) in [7, 11) is 0. The third-order valence-electron chi connectivity index (χ3n) is 2.31. The van der Waals surface area contributed by atoms with E-state index in [9.17, 15) is 0 Å². The van der Waals surface area contributed by atoms with E-state index in [2.05, 4.69) is 43.9 Å². The lowest BCUT2D eigenvalue weighted by Crippen LogP contribution is -2.16. The molecule has 0 aliphatic rings. The van der Waals surface area contributed by atoms with Gasteiger partial charge in [0.2, 0.25) is 0 Å². The van der Waals surface area contributed by atoms with Crippen LogP contribution in [0.3, 0.4) is 0 Å². The van der Waals surface area contributed by atoms with Crippen LogP contribution in [0.5, 0.6) is 0 Å². The maximum atomic E-state index is 3.67. The lowest BCUT2D eigenvalue weighted by Gasteiger charge is -2.05. The molecular formula is C13H19NS. The fourth-order valence-electron chi connectivity index (χ4n) is 1.25. The summed E-state index contributed by atoms with van der Waals surface area (Å²) in [6, 6.07) is 6.64. The van der Waals surface area contributed by atoms with E-state index < -0.39 is 0 Å². The van der Waals surface area contributed by atoms with E-state index in [1.54, 1.807) is 0 Å². The highest BCUT2D eigenvalue weighted by Gasteiger charge is 1.96. The smallest absolute Gasteiger partial charge is 0.0132 e. The fourth-order valence-corrected chi connectivity index (χ4v) is 2.16. The number of rotatable bonds is 6. The van der Waals surface area contributed by atoms with Gasteiger partial charge in [-0.05, 0) is 37.1 Å². The molecule has 0 aromatic heterocycles. The number of aryl methyl sites for hydroxylation is 2. The molecule has 0 saturated heterocycles. The van der Waals surface area contributed by atoms with Crippen molar-refractivity contribution in [1.29, 1.82) is 0 Å².